The number of fused-ring (bicyclic) bond motifs is 1. The molecule has 5 nitrogen and oxygen atoms in total. The van der Waals surface area contributed by atoms with Crippen molar-refractivity contribution in [3.63, 3.8) is 0 Å². The number of amides is 2. The van der Waals surface area contributed by atoms with Crippen LogP contribution >= 0.6 is 11.3 Å². The number of halogens is 3. The summed E-state index contributed by atoms with van der Waals surface area (Å²) in [7, 11) is 1.60. The lowest BCUT2D eigenvalue weighted by Gasteiger charge is -2.37. The van der Waals surface area contributed by atoms with Gasteiger partial charge in [-0.2, -0.15) is 13.2 Å². The number of hydrogen-bond acceptors (Lipinski definition) is 4. The van der Waals surface area contributed by atoms with Crippen LogP contribution in [-0.2, 0) is 17.4 Å². The summed E-state index contributed by atoms with van der Waals surface area (Å²) in [4.78, 5) is 31.5. The molecule has 1 atom stereocenters. The molecule has 0 saturated heterocycles. The first-order chi connectivity index (χ1) is 17.3. The van der Waals surface area contributed by atoms with Crippen molar-refractivity contribution in [1.29, 1.82) is 0 Å². The zero-order valence-electron chi connectivity index (χ0n) is 19.6. The number of nitrogens with zero attached hydrogens (tertiary/aromatic N) is 2. The minimum atomic E-state index is -4.47. The first-order valence-electron chi connectivity index (χ1n) is 11.7. The van der Waals surface area contributed by atoms with Gasteiger partial charge in [-0.25, -0.2) is 0 Å². The summed E-state index contributed by atoms with van der Waals surface area (Å²) in [5.41, 5.74) is 1.37. The predicted molar refractivity (Wildman–Crippen MR) is 130 cm³/mol. The number of methoxy groups -OCH3 is 1. The molecule has 2 heterocycles. The summed E-state index contributed by atoms with van der Waals surface area (Å²) in [6, 6.07) is 13.5. The Kier molecular flexibility index (Phi) is 6.51. The van der Waals surface area contributed by atoms with Gasteiger partial charge in [-0.15, -0.1) is 11.3 Å². The Labute approximate surface area is 211 Å². The van der Waals surface area contributed by atoms with Gasteiger partial charge in [0.25, 0.3) is 5.91 Å². The summed E-state index contributed by atoms with van der Waals surface area (Å²) >= 11 is 1.67. The highest BCUT2D eigenvalue weighted by Crippen LogP contribution is 2.39. The topological polar surface area (TPSA) is 49.9 Å². The van der Waals surface area contributed by atoms with Crippen LogP contribution in [-0.4, -0.2) is 47.9 Å². The molecule has 0 N–H and O–H groups in total. The van der Waals surface area contributed by atoms with Gasteiger partial charge in [0.15, 0.2) is 0 Å². The zero-order valence-corrected chi connectivity index (χ0v) is 20.4. The van der Waals surface area contributed by atoms with Crippen molar-refractivity contribution in [1.82, 2.24) is 9.80 Å². The maximum Gasteiger partial charge on any atom is 0.416 e. The molecule has 36 heavy (non-hydrogen) atoms. The molecular formula is C27H25F3N2O3S. The molecule has 188 valence electrons. The molecule has 1 unspecified atom stereocenters. The third-order valence-corrected chi connectivity index (χ3v) is 7.73. The van der Waals surface area contributed by atoms with E-state index in [2.05, 4.69) is 0 Å². The monoisotopic (exact) mass is 514 g/mol. The molecule has 1 aliphatic heterocycles. The van der Waals surface area contributed by atoms with Gasteiger partial charge < -0.3 is 14.5 Å². The van der Waals surface area contributed by atoms with E-state index in [1.807, 2.05) is 40.6 Å². The molecule has 2 amide bonds. The Hall–Kier alpha value is -3.33. The van der Waals surface area contributed by atoms with Gasteiger partial charge >= 0.3 is 6.18 Å². The number of carbonyl (C=O) groups excluding carboxylic acids is 2. The van der Waals surface area contributed by atoms with Crippen molar-refractivity contribution >= 4 is 23.2 Å². The van der Waals surface area contributed by atoms with Crippen molar-refractivity contribution in [3.8, 4) is 5.75 Å². The first-order valence-corrected chi connectivity index (χ1v) is 12.6. The van der Waals surface area contributed by atoms with E-state index in [1.54, 1.807) is 18.4 Å². The van der Waals surface area contributed by atoms with Crippen LogP contribution in [0.25, 0.3) is 0 Å². The Morgan fingerprint density at radius 1 is 1.06 bits per heavy atom. The van der Waals surface area contributed by atoms with Gasteiger partial charge in [0, 0.05) is 23.0 Å². The van der Waals surface area contributed by atoms with E-state index in [4.69, 9.17) is 4.74 Å². The van der Waals surface area contributed by atoms with Crippen molar-refractivity contribution < 1.29 is 27.5 Å². The highest BCUT2D eigenvalue weighted by molar-refractivity contribution is 7.10. The number of rotatable bonds is 6. The average Bonchev–Trinajstić information content (AvgIpc) is 3.61. The maximum atomic E-state index is 13.7. The fourth-order valence-electron chi connectivity index (χ4n) is 4.69. The van der Waals surface area contributed by atoms with Crippen molar-refractivity contribution in [3.05, 3.63) is 87.1 Å². The van der Waals surface area contributed by atoms with Crippen LogP contribution in [0.5, 0.6) is 5.75 Å². The summed E-state index contributed by atoms with van der Waals surface area (Å²) in [6.45, 7) is 0.409. The average molecular weight is 515 g/mol. The normalized spacial score (nSPS) is 17.4. The second-order valence-electron chi connectivity index (χ2n) is 9.05. The smallest absolute Gasteiger partial charge is 0.416 e. The summed E-state index contributed by atoms with van der Waals surface area (Å²) in [6.07, 6.45) is -2.19. The number of thiophene rings is 1. The number of benzene rings is 2. The highest BCUT2D eigenvalue weighted by Gasteiger charge is 2.39. The Bertz CT molecular complexity index is 1250. The van der Waals surface area contributed by atoms with Gasteiger partial charge in [-0.1, -0.05) is 12.1 Å². The van der Waals surface area contributed by atoms with Crippen LogP contribution in [0, 0.1) is 0 Å². The third kappa shape index (κ3) is 4.84. The quantitative estimate of drug-likeness (QED) is 0.433. The molecule has 0 bridgehead atoms. The van der Waals surface area contributed by atoms with Gasteiger partial charge in [-0.05, 0) is 78.2 Å². The Balaban J connectivity index is 1.39. The van der Waals surface area contributed by atoms with Crippen molar-refractivity contribution in [2.75, 3.05) is 20.2 Å². The van der Waals surface area contributed by atoms with E-state index >= 15 is 0 Å². The molecule has 3 aromatic rings. The zero-order chi connectivity index (χ0) is 25.4. The summed E-state index contributed by atoms with van der Waals surface area (Å²) in [5, 5.41) is 2.03. The lowest BCUT2D eigenvalue weighted by molar-refractivity contribution is -0.137. The van der Waals surface area contributed by atoms with E-state index < -0.39 is 17.6 Å². The fourth-order valence-corrected chi connectivity index (χ4v) is 5.59. The van der Waals surface area contributed by atoms with Gasteiger partial charge in [0.05, 0.1) is 18.7 Å². The van der Waals surface area contributed by atoms with Crippen LogP contribution in [0.15, 0.2) is 60.0 Å². The molecule has 1 aromatic heterocycles. The van der Waals surface area contributed by atoms with Gasteiger partial charge in [0.2, 0.25) is 5.91 Å². The second kappa shape index (κ2) is 9.61. The van der Waals surface area contributed by atoms with E-state index in [1.165, 1.54) is 21.9 Å². The summed E-state index contributed by atoms with van der Waals surface area (Å²) in [5.74, 6) is 0.119. The van der Waals surface area contributed by atoms with Crippen molar-refractivity contribution in [2.45, 2.75) is 37.5 Å². The first kappa shape index (κ1) is 24.4. The van der Waals surface area contributed by atoms with Crippen LogP contribution in [0.4, 0.5) is 13.2 Å². The molecule has 1 saturated carbocycles. The molecule has 1 aliphatic carbocycles. The maximum absolute atomic E-state index is 13.7. The third-order valence-electron chi connectivity index (χ3n) is 6.73. The number of hydrogen-bond donors (Lipinski definition) is 0. The fraction of sp³-hybridized carbons (Fsp3) is 0.333. The largest absolute Gasteiger partial charge is 0.497 e. The minimum Gasteiger partial charge on any atom is -0.497 e. The van der Waals surface area contributed by atoms with Crippen LogP contribution in [0.1, 0.15) is 50.8 Å². The molecule has 2 aliphatic rings. The van der Waals surface area contributed by atoms with E-state index in [-0.39, 0.29) is 30.1 Å². The van der Waals surface area contributed by atoms with E-state index in [9.17, 15) is 22.8 Å². The highest BCUT2D eigenvalue weighted by atomic mass is 32.1. The molecule has 9 heteroatoms. The molecule has 1 fully saturated rings. The van der Waals surface area contributed by atoms with E-state index in [0.29, 0.717) is 6.54 Å². The molecule has 0 radical (unpaired) electrons. The van der Waals surface area contributed by atoms with Gasteiger partial charge in [-0.3, -0.25) is 9.59 Å². The number of alkyl halides is 3. The second-order valence-corrected chi connectivity index (χ2v) is 10.1. The SMILES string of the molecule is COc1ccc(C2c3ccsc3CCN2C(=O)CN(C(=O)c2ccc(C(F)(F)F)cc2)C2CC2)cc1. The van der Waals surface area contributed by atoms with Crippen molar-refractivity contribution in [2.24, 2.45) is 0 Å². The molecule has 5 rings (SSSR count). The predicted octanol–water partition coefficient (Wildman–Crippen LogP) is 5.55. The van der Waals surface area contributed by atoms with Gasteiger partial charge in [0.1, 0.15) is 12.3 Å². The van der Waals surface area contributed by atoms with Crippen LogP contribution < -0.4 is 4.74 Å². The molecular weight excluding hydrogens is 489 g/mol. The Morgan fingerprint density at radius 3 is 2.36 bits per heavy atom. The lowest BCUT2D eigenvalue weighted by Crippen LogP contribution is -2.47. The Morgan fingerprint density at radius 2 is 1.75 bits per heavy atom. The number of ether oxygens (including phenoxy) is 1. The number of carbonyl (C=O) groups is 2. The van der Waals surface area contributed by atoms with E-state index in [0.717, 1.165) is 48.3 Å². The molecule has 2 aromatic carbocycles. The molecule has 0 spiro atoms. The summed E-state index contributed by atoms with van der Waals surface area (Å²) < 4.78 is 44.1. The standard InChI is InChI=1S/C27H25F3N2O3S/c1-35-21-10-4-17(5-11-21)25-22-13-15-36-23(22)12-14-31(25)24(33)16-32(20-8-9-20)26(34)18-2-6-19(7-3-18)27(28,29)30/h2-7,10-11,13,15,20,25H,8-9,12,14,16H2,1H3. The lowest BCUT2D eigenvalue weighted by atomic mass is 9.93. The van der Waals surface area contributed by atoms with Crippen LogP contribution in [0.2, 0.25) is 0 Å². The minimum absolute atomic E-state index is 0.0790. The van der Waals surface area contributed by atoms with Crippen LogP contribution in [0.3, 0.4) is 0 Å².